The molecule has 0 unspecified atom stereocenters. The van der Waals surface area contributed by atoms with Crippen LogP contribution >= 0.6 is 12.2 Å². The number of thiocarbonyl (C=S) groups is 1. The Labute approximate surface area is 165 Å². The predicted octanol–water partition coefficient (Wildman–Crippen LogP) is 3.85. The van der Waals surface area contributed by atoms with E-state index in [4.69, 9.17) is 12.2 Å². The van der Waals surface area contributed by atoms with Gasteiger partial charge in [-0.1, -0.05) is 18.2 Å². The average molecular weight is 378 g/mol. The Hall–Kier alpha value is -2.66. The van der Waals surface area contributed by atoms with Crippen LogP contribution in [-0.4, -0.2) is 37.1 Å². The summed E-state index contributed by atoms with van der Waals surface area (Å²) in [7, 11) is 5.87. The number of nitrogens with zero attached hydrogens (tertiary/aromatic N) is 3. The molecule has 2 aromatic carbocycles. The maximum atomic E-state index is 13.1. The second-order valence-electron chi connectivity index (χ2n) is 7.30. The lowest BCUT2D eigenvalue weighted by Gasteiger charge is -2.17. The fourth-order valence-electron chi connectivity index (χ4n) is 3.71. The summed E-state index contributed by atoms with van der Waals surface area (Å²) in [5, 5.41) is 0.522. The van der Waals surface area contributed by atoms with Gasteiger partial charge in [0.1, 0.15) is 5.70 Å². The maximum absolute atomic E-state index is 13.1. The van der Waals surface area contributed by atoms with Crippen molar-refractivity contribution >= 4 is 40.7 Å². The third-order valence-electron chi connectivity index (χ3n) is 5.31. The number of hydrogen-bond donors (Lipinski definition) is 0. The molecule has 1 saturated heterocycles. The van der Waals surface area contributed by atoms with Crippen LogP contribution in [0.2, 0.25) is 0 Å². The third kappa shape index (κ3) is 3.12. The van der Waals surface area contributed by atoms with Crippen LogP contribution in [0.5, 0.6) is 0 Å². The first-order valence-corrected chi connectivity index (χ1v) is 9.59. The quantitative estimate of drug-likeness (QED) is 0.600. The van der Waals surface area contributed by atoms with Crippen LogP contribution in [0.15, 0.2) is 48.2 Å². The van der Waals surface area contributed by atoms with E-state index in [1.807, 2.05) is 57.6 Å². The van der Waals surface area contributed by atoms with Gasteiger partial charge in [0.25, 0.3) is 5.91 Å². The number of likely N-dealkylation sites (N-methyl/N-ethyl adjacent to an activating group) is 1. The molecule has 5 heteroatoms. The Morgan fingerprint density at radius 1 is 1.04 bits per heavy atom. The molecular weight excluding hydrogens is 354 g/mol. The minimum atomic E-state index is -0.0721. The van der Waals surface area contributed by atoms with Crippen molar-refractivity contribution in [1.82, 2.24) is 4.90 Å². The van der Waals surface area contributed by atoms with Gasteiger partial charge in [-0.2, -0.15) is 0 Å². The zero-order valence-corrected chi connectivity index (χ0v) is 16.7. The Morgan fingerprint density at radius 3 is 2.44 bits per heavy atom. The van der Waals surface area contributed by atoms with Gasteiger partial charge in [-0.15, -0.1) is 0 Å². The standard InChI is InChI=1S/C22H23N3OS/c1-23(2)18-10-7-15(8-11-18)13-20-21(26)25(22(27)24(20)3)19-12-9-16-5-4-6-17(16)14-19/h7-14H,4-6H2,1-3H3. The summed E-state index contributed by atoms with van der Waals surface area (Å²) >= 11 is 5.58. The fraction of sp³-hybridized carbons (Fsp3) is 0.273. The number of carbonyl (C=O) groups excluding carboxylic acids is 1. The van der Waals surface area contributed by atoms with Crippen molar-refractivity contribution in [2.75, 3.05) is 30.9 Å². The number of carbonyl (C=O) groups is 1. The number of aryl methyl sites for hydroxylation is 2. The number of rotatable bonds is 3. The molecule has 4 rings (SSSR count). The molecule has 1 aliphatic heterocycles. The van der Waals surface area contributed by atoms with E-state index in [9.17, 15) is 4.79 Å². The molecule has 0 spiro atoms. The predicted molar refractivity (Wildman–Crippen MR) is 115 cm³/mol. The topological polar surface area (TPSA) is 26.8 Å². The molecule has 0 radical (unpaired) electrons. The fourth-order valence-corrected chi connectivity index (χ4v) is 3.99. The summed E-state index contributed by atoms with van der Waals surface area (Å²) in [5.74, 6) is -0.0721. The molecule has 27 heavy (non-hydrogen) atoms. The van der Waals surface area contributed by atoms with E-state index in [-0.39, 0.29) is 5.91 Å². The van der Waals surface area contributed by atoms with Crippen molar-refractivity contribution < 1.29 is 4.79 Å². The van der Waals surface area contributed by atoms with Crippen LogP contribution in [0.3, 0.4) is 0 Å². The Bertz CT molecular complexity index is 947. The molecule has 0 saturated carbocycles. The van der Waals surface area contributed by atoms with E-state index in [0.29, 0.717) is 10.8 Å². The van der Waals surface area contributed by atoms with Crippen molar-refractivity contribution in [1.29, 1.82) is 0 Å². The molecule has 0 bridgehead atoms. The Kier molecular flexibility index (Phi) is 4.48. The van der Waals surface area contributed by atoms with Crippen LogP contribution in [0, 0.1) is 0 Å². The lowest BCUT2D eigenvalue weighted by Crippen LogP contribution is -2.31. The smallest absolute Gasteiger partial charge is 0.281 e. The molecule has 2 aromatic rings. The number of fused-ring (bicyclic) bond motifs is 1. The van der Waals surface area contributed by atoms with Crippen molar-refractivity contribution in [3.63, 3.8) is 0 Å². The van der Waals surface area contributed by atoms with Gasteiger partial charge in [0, 0.05) is 26.8 Å². The maximum Gasteiger partial charge on any atom is 0.281 e. The molecular formula is C22H23N3OS. The van der Waals surface area contributed by atoms with Crippen molar-refractivity contribution in [3.05, 3.63) is 64.9 Å². The Morgan fingerprint density at radius 2 is 1.74 bits per heavy atom. The van der Waals surface area contributed by atoms with Crippen molar-refractivity contribution in [2.45, 2.75) is 19.3 Å². The van der Waals surface area contributed by atoms with Gasteiger partial charge in [0.2, 0.25) is 0 Å². The molecule has 138 valence electrons. The van der Waals surface area contributed by atoms with Crippen LogP contribution in [0.4, 0.5) is 11.4 Å². The molecule has 0 aromatic heterocycles. The minimum Gasteiger partial charge on any atom is -0.378 e. The average Bonchev–Trinajstić information content (AvgIpc) is 3.20. The summed E-state index contributed by atoms with van der Waals surface area (Å²) in [4.78, 5) is 18.6. The molecule has 1 fully saturated rings. The summed E-state index contributed by atoms with van der Waals surface area (Å²) in [6.45, 7) is 0. The minimum absolute atomic E-state index is 0.0721. The summed E-state index contributed by atoms with van der Waals surface area (Å²) < 4.78 is 0. The molecule has 1 amide bonds. The molecule has 1 aliphatic carbocycles. The van der Waals surface area contributed by atoms with E-state index < -0.39 is 0 Å². The third-order valence-corrected chi connectivity index (χ3v) is 5.77. The summed E-state index contributed by atoms with van der Waals surface area (Å²) in [6, 6.07) is 14.4. The zero-order chi connectivity index (χ0) is 19.1. The van der Waals surface area contributed by atoms with E-state index in [1.54, 1.807) is 9.80 Å². The first-order valence-electron chi connectivity index (χ1n) is 9.19. The van der Waals surface area contributed by atoms with Crippen LogP contribution in [0.1, 0.15) is 23.1 Å². The van der Waals surface area contributed by atoms with E-state index in [0.717, 1.165) is 29.8 Å². The second-order valence-corrected chi connectivity index (χ2v) is 7.67. The van der Waals surface area contributed by atoms with Crippen LogP contribution < -0.4 is 9.80 Å². The second kappa shape index (κ2) is 6.82. The highest BCUT2D eigenvalue weighted by atomic mass is 32.1. The highest BCUT2D eigenvalue weighted by Gasteiger charge is 2.37. The molecule has 1 heterocycles. The highest BCUT2D eigenvalue weighted by Crippen LogP contribution is 2.32. The number of amides is 1. The molecule has 2 aliphatic rings. The lowest BCUT2D eigenvalue weighted by atomic mass is 10.1. The van der Waals surface area contributed by atoms with E-state index >= 15 is 0 Å². The largest absolute Gasteiger partial charge is 0.378 e. The summed E-state index contributed by atoms with van der Waals surface area (Å²) in [5.41, 5.74) is 6.29. The molecule has 4 nitrogen and oxygen atoms in total. The normalized spacial score (nSPS) is 17.8. The molecule has 0 atom stereocenters. The van der Waals surface area contributed by atoms with E-state index in [2.05, 4.69) is 17.0 Å². The SMILES string of the molecule is CN1C(=S)N(c2ccc3c(c2)CCC3)C(=O)C1=Cc1ccc(N(C)C)cc1. The van der Waals surface area contributed by atoms with Gasteiger partial charge in [0.05, 0.1) is 5.69 Å². The van der Waals surface area contributed by atoms with Gasteiger partial charge in [-0.3, -0.25) is 9.69 Å². The Balaban J connectivity index is 1.66. The van der Waals surface area contributed by atoms with Crippen molar-refractivity contribution in [2.24, 2.45) is 0 Å². The first-order chi connectivity index (χ1) is 13.0. The van der Waals surface area contributed by atoms with Crippen LogP contribution in [0.25, 0.3) is 6.08 Å². The van der Waals surface area contributed by atoms with Gasteiger partial charge in [-0.25, -0.2) is 0 Å². The van der Waals surface area contributed by atoms with Gasteiger partial charge in [0.15, 0.2) is 5.11 Å². The van der Waals surface area contributed by atoms with Gasteiger partial charge >= 0.3 is 0 Å². The van der Waals surface area contributed by atoms with Gasteiger partial charge in [-0.05, 0) is 78.5 Å². The zero-order valence-electron chi connectivity index (χ0n) is 15.9. The van der Waals surface area contributed by atoms with Crippen LogP contribution in [-0.2, 0) is 17.6 Å². The van der Waals surface area contributed by atoms with Gasteiger partial charge < -0.3 is 9.80 Å². The number of anilines is 2. The highest BCUT2D eigenvalue weighted by molar-refractivity contribution is 7.80. The summed E-state index contributed by atoms with van der Waals surface area (Å²) in [6.07, 6.45) is 5.29. The van der Waals surface area contributed by atoms with Crippen molar-refractivity contribution in [3.8, 4) is 0 Å². The number of hydrogen-bond acceptors (Lipinski definition) is 3. The van der Waals surface area contributed by atoms with E-state index in [1.165, 1.54) is 17.5 Å². The first kappa shape index (κ1) is 17.7. The number of benzene rings is 2. The lowest BCUT2D eigenvalue weighted by molar-refractivity contribution is -0.114. The molecule has 0 N–H and O–H groups in total. The monoisotopic (exact) mass is 377 g/mol.